The van der Waals surface area contributed by atoms with Gasteiger partial charge in [-0.2, -0.15) is 5.10 Å². The van der Waals surface area contributed by atoms with Crippen molar-refractivity contribution in [2.24, 2.45) is 10.9 Å². The van der Waals surface area contributed by atoms with E-state index in [0.29, 0.717) is 12.4 Å². The number of rotatable bonds is 2. The zero-order valence-corrected chi connectivity index (χ0v) is 13.9. The lowest BCUT2D eigenvalue weighted by Gasteiger charge is -2.43. The van der Waals surface area contributed by atoms with Crippen LogP contribution in [0.25, 0.3) is 0 Å². The first kappa shape index (κ1) is 18.0. The fraction of sp³-hybridized carbons (Fsp3) is 0.500. The van der Waals surface area contributed by atoms with Crippen molar-refractivity contribution in [1.29, 1.82) is 0 Å². The van der Waals surface area contributed by atoms with Gasteiger partial charge in [0.25, 0.3) is 0 Å². The Balaban J connectivity index is 2.39. The molecule has 1 saturated heterocycles. The van der Waals surface area contributed by atoms with Crippen LogP contribution >= 0.6 is 0 Å². The summed E-state index contributed by atoms with van der Waals surface area (Å²) in [5, 5.41) is 16.2. The van der Waals surface area contributed by atoms with Gasteiger partial charge in [0.15, 0.2) is 11.6 Å². The van der Waals surface area contributed by atoms with Crippen LogP contribution in [0, 0.1) is 11.6 Å². The molecule has 0 aromatic heterocycles. The second-order valence-corrected chi connectivity index (χ2v) is 6.81. The van der Waals surface area contributed by atoms with Crippen molar-refractivity contribution in [1.82, 2.24) is 10.2 Å². The molecular weight excluding hydrogens is 318 g/mol. The van der Waals surface area contributed by atoms with Crippen LogP contribution in [0.5, 0.6) is 0 Å². The van der Waals surface area contributed by atoms with E-state index in [1.165, 1.54) is 17.0 Å². The van der Waals surface area contributed by atoms with Crippen molar-refractivity contribution in [2.45, 2.75) is 44.7 Å². The largest absolute Gasteiger partial charge is 0.465 e. The second kappa shape index (κ2) is 6.62. The summed E-state index contributed by atoms with van der Waals surface area (Å²) >= 11 is 0. The number of carboxylic acid groups (broad SMARTS) is 1. The minimum atomic E-state index is -1.13. The molecule has 1 aliphatic rings. The van der Waals surface area contributed by atoms with Crippen LogP contribution in [0.15, 0.2) is 23.3 Å². The SMILES string of the molecule is CC(C)(C)N(C(=O)O)[C@H]1C[C@@H](c2cccc(F)c2F)CN/C1=N\N. The zero-order valence-electron chi connectivity index (χ0n) is 13.9. The first-order valence-electron chi connectivity index (χ1n) is 7.64. The van der Waals surface area contributed by atoms with E-state index in [4.69, 9.17) is 5.84 Å². The molecule has 4 N–H and O–H groups in total. The van der Waals surface area contributed by atoms with Gasteiger partial charge in [-0.05, 0) is 38.8 Å². The Bertz CT molecular complexity index is 658. The van der Waals surface area contributed by atoms with E-state index < -0.39 is 35.2 Å². The smallest absolute Gasteiger partial charge is 0.408 e. The summed E-state index contributed by atoms with van der Waals surface area (Å²) in [6.45, 7) is 5.55. The number of hydrogen-bond acceptors (Lipinski definition) is 3. The summed E-state index contributed by atoms with van der Waals surface area (Å²) < 4.78 is 27.6. The highest BCUT2D eigenvalue weighted by Gasteiger charge is 2.40. The van der Waals surface area contributed by atoms with Gasteiger partial charge in [0.05, 0.1) is 6.04 Å². The Kier molecular flexibility index (Phi) is 4.96. The van der Waals surface area contributed by atoms with Crippen molar-refractivity contribution in [2.75, 3.05) is 6.54 Å². The van der Waals surface area contributed by atoms with Gasteiger partial charge in [-0.3, -0.25) is 4.90 Å². The van der Waals surface area contributed by atoms with Crippen LogP contribution in [-0.2, 0) is 0 Å². The van der Waals surface area contributed by atoms with Gasteiger partial charge >= 0.3 is 6.09 Å². The van der Waals surface area contributed by atoms with Crippen LogP contribution in [0.1, 0.15) is 38.7 Å². The summed E-state index contributed by atoms with van der Waals surface area (Å²) in [5.41, 5.74) is -0.501. The lowest BCUT2D eigenvalue weighted by Crippen LogP contribution is -2.60. The summed E-state index contributed by atoms with van der Waals surface area (Å²) in [4.78, 5) is 13.0. The minimum Gasteiger partial charge on any atom is -0.465 e. The lowest BCUT2D eigenvalue weighted by molar-refractivity contribution is 0.0803. The molecule has 6 nitrogen and oxygen atoms in total. The fourth-order valence-electron chi connectivity index (χ4n) is 3.13. The van der Waals surface area contributed by atoms with E-state index in [9.17, 15) is 18.7 Å². The number of hydrazone groups is 1. The zero-order chi connectivity index (χ0) is 18.1. The molecule has 1 amide bonds. The quantitative estimate of drug-likeness (QED) is 0.570. The molecule has 1 aromatic rings. The lowest BCUT2D eigenvalue weighted by atomic mass is 9.86. The monoisotopic (exact) mass is 340 g/mol. The molecule has 1 heterocycles. The Morgan fingerprint density at radius 2 is 2.08 bits per heavy atom. The van der Waals surface area contributed by atoms with Gasteiger partial charge < -0.3 is 16.3 Å². The number of nitrogens with one attached hydrogen (secondary N) is 1. The molecule has 1 aliphatic heterocycles. The molecule has 0 bridgehead atoms. The average molecular weight is 340 g/mol. The van der Waals surface area contributed by atoms with Crippen LogP contribution in [-0.4, -0.2) is 40.1 Å². The molecule has 24 heavy (non-hydrogen) atoms. The van der Waals surface area contributed by atoms with Crippen molar-refractivity contribution in [3.63, 3.8) is 0 Å². The topological polar surface area (TPSA) is 91.0 Å². The summed E-state index contributed by atoms with van der Waals surface area (Å²) in [6, 6.07) is 3.33. The maximum atomic E-state index is 14.1. The van der Waals surface area contributed by atoms with Crippen molar-refractivity contribution >= 4 is 11.9 Å². The van der Waals surface area contributed by atoms with Crippen molar-refractivity contribution < 1.29 is 18.7 Å². The number of amides is 1. The highest BCUT2D eigenvalue weighted by Crippen LogP contribution is 2.32. The molecule has 2 rings (SSSR count). The van der Waals surface area contributed by atoms with E-state index >= 15 is 0 Å². The van der Waals surface area contributed by atoms with Gasteiger partial charge in [-0.25, -0.2) is 13.6 Å². The van der Waals surface area contributed by atoms with Crippen LogP contribution in [0.4, 0.5) is 13.6 Å². The Hall–Kier alpha value is -2.38. The van der Waals surface area contributed by atoms with E-state index in [1.807, 2.05) is 0 Å². The van der Waals surface area contributed by atoms with Crippen LogP contribution < -0.4 is 11.2 Å². The summed E-state index contributed by atoms with van der Waals surface area (Å²) in [5.74, 6) is 3.47. The van der Waals surface area contributed by atoms with E-state index in [-0.39, 0.29) is 12.0 Å². The number of piperidine rings is 1. The molecule has 8 heteroatoms. The molecule has 0 saturated carbocycles. The number of nitrogens with zero attached hydrogens (tertiary/aromatic N) is 2. The second-order valence-electron chi connectivity index (χ2n) is 6.81. The van der Waals surface area contributed by atoms with Crippen LogP contribution in [0.3, 0.4) is 0 Å². The fourth-order valence-corrected chi connectivity index (χ4v) is 3.13. The van der Waals surface area contributed by atoms with Crippen LogP contribution in [0.2, 0.25) is 0 Å². The number of carbonyl (C=O) groups is 1. The third kappa shape index (κ3) is 3.42. The number of nitrogens with two attached hydrogens (primary N) is 1. The maximum absolute atomic E-state index is 14.1. The predicted octanol–water partition coefficient (Wildman–Crippen LogP) is 2.46. The maximum Gasteiger partial charge on any atom is 0.408 e. The normalized spacial score (nSPS) is 23.0. The summed E-state index contributed by atoms with van der Waals surface area (Å²) in [7, 11) is 0. The van der Waals surface area contributed by atoms with Gasteiger partial charge in [0.1, 0.15) is 5.84 Å². The molecule has 0 spiro atoms. The van der Waals surface area contributed by atoms with Gasteiger partial charge in [-0.15, -0.1) is 0 Å². The first-order valence-corrected chi connectivity index (χ1v) is 7.64. The Morgan fingerprint density at radius 1 is 1.42 bits per heavy atom. The number of amidine groups is 1. The third-order valence-corrected chi connectivity index (χ3v) is 4.15. The minimum absolute atomic E-state index is 0.211. The highest BCUT2D eigenvalue weighted by atomic mass is 19.2. The predicted molar refractivity (Wildman–Crippen MR) is 86.7 cm³/mol. The van der Waals surface area contributed by atoms with Gasteiger partial charge in [-0.1, -0.05) is 12.1 Å². The average Bonchev–Trinajstić information content (AvgIpc) is 2.48. The van der Waals surface area contributed by atoms with Gasteiger partial charge in [0, 0.05) is 18.0 Å². The number of benzene rings is 1. The Labute approximate surface area is 139 Å². The van der Waals surface area contributed by atoms with Crippen molar-refractivity contribution in [3.8, 4) is 0 Å². The molecule has 1 fully saturated rings. The van der Waals surface area contributed by atoms with Crippen molar-refractivity contribution in [3.05, 3.63) is 35.4 Å². The van der Waals surface area contributed by atoms with E-state index in [1.54, 1.807) is 20.8 Å². The molecule has 1 aromatic carbocycles. The Morgan fingerprint density at radius 3 is 2.62 bits per heavy atom. The molecule has 0 aliphatic carbocycles. The third-order valence-electron chi connectivity index (χ3n) is 4.15. The van der Waals surface area contributed by atoms with Gasteiger partial charge in [0.2, 0.25) is 0 Å². The number of hydrogen-bond donors (Lipinski definition) is 3. The highest BCUT2D eigenvalue weighted by molar-refractivity contribution is 5.91. The molecule has 0 unspecified atom stereocenters. The summed E-state index contributed by atoms with van der Waals surface area (Å²) in [6.07, 6.45) is -0.872. The molecule has 2 atom stereocenters. The molecule has 132 valence electrons. The number of halogens is 2. The molecular formula is C16H22F2N4O2. The van der Waals surface area contributed by atoms with E-state index in [0.717, 1.165) is 6.07 Å². The standard InChI is InChI=1S/C16H22F2N4O2/c1-16(2,3)22(15(23)24)12-7-9(8-20-14(12)21-19)10-5-4-6-11(17)13(10)18/h4-6,9,12H,7-8,19H2,1-3H3,(H,20,21)(H,23,24)/t9-,12+/m1/s1. The molecule has 0 radical (unpaired) electrons. The van der Waals surface area contributed by atoms with E-state index in [2.05, 4.69) is 10.4 Å². The first-order chi connectivity index (χ1) is 11.2.